The molecule has 1 aliphatic carbocycles. The standard InChI is InChI=1S/C15H17ClO4/c1-2-20-15(19)14(18)12-10-7-5-3-4-6-9(10)8-11(16)13(12)17/h8,17H,2-7H2,1H3. The molecule has 2 rings (SSSR count). The van der Waals surface area contributed by atoms with Gasteiger partial charge in [0.25, 0.3) is 5.78 Å². The van der Waals surface area contributed by atoms with Crippen molar-refractivity contribution < 1.29 is 19.4 Å². The predicted molar refractivity (Wildman–Crippen MR) is 75.3 cm³/mol. The molecule has 1 aromatic carbocycles. The van der Waals surface area contributed by atoms with Crippen molar-refractivity contribution in [3.63, 3.8) is 0 Å². The molecular weight excluding hydrogens is 280 g/mol. The number of Topliss-reactive ketones (excluding diaryl/α,β-unsaturated/α-hetero) is 1. The number of rotatable bonds is 3. The van der Waals surface area contributed by atoms with E-state index in [0.717, 1.165) is 36.8 Å². The van der Waals surface area contributed by atoms with Gasteiger partial charge in [0.05, 0.1) is 17.2 Å². The zero-order valence-corrected chi connectivity index (χ0v) is 12.1. The monoisotopic (exact) mass is 296 g/mol. The van der Waals surface area contributed by atoms with Crippen molar-refractivity contribution in [2.24, 2.45) is 0 Å². The van der Waals surface area contributed by atoms with Gasteiger partial charge in [0.2, 0.25) is 0 Å². The number of aromatic hydroxyl groups is 1. The van der Waals surface area contributed by atoms with Crippen molar-refractivity contribution in [1.29, 1.82) is 0 Å². The highest BCUT2D eigenvalue weighted by Gasteiger charge is 2.28. The van der Waals surface area contributed by atoms with Gasteiger partial charge in [-0.25, -0.2) is 4.79 Å². The summed E-state index contributed by atoms with van der Waals surface area (Å²) in [6.07, 6.45) is 4.47. The Balaban J connectivity index is 2.53. The van der Waals surface area contributed by atoms with Crippen LogP contribution in [-0.2, 0) is 22.4 Å². The minimum absolute atomic E-state index is 0.0212. The van der Waals surface area contributed by atoms with Gasteiger partial charge in [-0.3, -0.25) is 4.79 Å². The quantitative estimate of drug-likeness (QED) is 0.403. The zero-order valence-electron chi connectivity index (χ0n) is 11.4. The summed E-state index contributed by atoms with van der Waals surface area (Å²) < 4.78 is 4.73. The van der Waals surface area contributed by atoms with Crippen molar-refractivity contribution in [2.45, 2.75) is 39.0 Å². The van der Waals surface area contributed by atoms with Gasteiger partial charge in [-0.05, 0) is 49.8 Å². The molecule has 1 N–H and O–H groups in total. The smallest absolute Gasteiger partial charge is 0.379 e. The van der Waals surface area contributed by atoms with E-state index in [1.54, 1.807) is 13.0 Å². The summed E-state index contributed by atoms with van der Waals surface area (Å²) >= 11 is 5.98. The topological polar surface area (TPSA) is 63.6 Å². The number of carbonyl (C=O) groups is 2. The second kappa shape index (κ2) is 6.27. The molecule has 108 valence electrons. The minimum Gasteiger partial charge on any atom is -0.506 e. The number of benzene rings is 1. The molecule has 0 fully saturated rings. The van der Waals surface area contributed by atoms with E-state index in [1.165, 1.54) is 0 Å². The maximum atomic E-state index is 12.2. The summed E-state index contributed by atoms with van der Waals surface area (Å²) in [5.74, 6) is -2.08. The number of hydrogen-bond donors (Lipinski definition) is 1. The molecule has 0 aromatic heterocycles. The van der Waals surface area contributed by atoms with Crippen molar-refractivity contribution in [1.82, 2.24) is 0 Å². The van der Waals surface area contributed by atoms with Crippen LogP contribution < -0.4 is 0 Å². The molecule has 0 spiro atoms. The zero-order chi connectivity index (χ0) is 14.7. The summed E-state index contributed by atoms with van der Waals surface area (Å²) in [5.41, 5.74) is 1.70. The van der Waals surface area contributed by atoms with Crippen LogP contribution in [0.1, 0.15) is 47.7 Å². The van der Waals surface area contributed by atoms with Crippen LogP contribution in [0.2, 0.25) is 5.02 Å². The van der Waals surface area contributed by atoms with Gasteiger partial charge in [-0.1, -0.05) is 18.0 Å². The van der Waals surface area contributed by atoms with Gasteiger partial charge in [0.15, 0.2) is 0 Å². The Morgan fingerprint density at radius 3 is 2.70 bits per heavy atom. The lowest BCUT2D eigenvalue weighted by Crippen LogP contribution is -2.20. The number of aryl methyl sites for hydroxylation is 1. The molecule has 0 saturated heterocycles. The highest BCUT2D eigenvalue weighted by molar-refractivity contribution is 6.43. The molecule has 20 heavy (non-hydrogen) atoms. The van der Waals surface area contributed by atoms with Crippen LogP contribution in [0.3, 0.4) is 0 Å². The van der Waals surface area contributed by atoms with E-state index in [2.05, 4.69) is 0 Å². The fourth-order valence-corrected chi connectivity index (χ4v) is 2.80. The van der Waals surface area contributed by atoms with Gasteiger partial charge < -0.3 is 9.84 Å². The third kappa shape index (κ3) is 2.80. The summed E-state index contributed by atoms with van der Waals surface area (Å²) in [5, 5.41) is 10.2. The van der Waals surface area contributed by atoms with E-state index < -0.39 is 11.8 Å². The molecule has 1 aromatic rings. The SMILES string of the molecule is CCOC(=O)C(=O)c1c(O)c(Cl)cc2c1CCCCC2. The Hall–Kier alpha value is -1.55. The molecule has 0 heterocycles. The van der Waals surface area contributed by atoms with E-state index >= 15 is 0 Å². The van der Waals surface area contributed by atoms with Crippen molar-refractivity contribution in [3.05, 3.63) is 27.8 Å². The second-order valence-electron chi connectivity index (χ2n) is 4.83. The first kappa shape index (κ1) is 14.9. The largest absolute Gasteiger partial charge is 0.506 e. The van der Waals surface area contributed by atoms with E-state index in [9.17, 15) is 14.7 Å². The van der Waals surface area contributed by atoms with E-state index in [-0.39, 0.29) is 22.9 Å². The average Bonchev–Trinajstić information content (AvgIpc) is 2.65. The number of carbonyl (C=O) groups excluding carboxylic acids is 2. The van der Waals surface area contributed by atoms with E-state index in [0.29, 0.717) is 6.42 Å². The molecular formula is C15H17ClO4. The lowest BCUT2D eigenvalue weighted by atomic mass is 9.93. The third-order valence-corrected chi connectivity index (χ3v) is 3.80. The van der Waals surface area contributed by atoms with Crippen LogP contribution >= 0.6 is 11.6 Å². The maximum Gasteiger partial charge on any atom is 0.379 e. The van der Waals surface area contributed by atoms with Gasteiger partial charge in [-0.15, -0.1) is 0 Å². The molecule has 0 saturated carbocycles. The number of halogens is 1. The molecule has 1 aliphatic rings. The first-order valence-electron chi connectivity index (χ1n) is 6.81. The van der Waals surface area contributed by atoms with E-state index in [1.807, 2.05) is 0 Å². The van der Waals surface area contributed by atoms with Gasteiger partial charge in [-0.2, -0.15) is 0 Å². The highest BCUT2D eigenvalue weighted by Crippen LogP contribution is 2.36. The molecule has 0 unspecified atom stereocenters. The van der Waals surface area contributed by atoms with Crippen LogP contribution in [0, 0.1) is 0 Å². The molecule has 0 atom stereocenters. The molecule has 0 aliphatic heterocycles. The summed E-state index contributed by atoms with van der Waals surface area (Å²) in [4.78, 5) is 23.9. The van der Waals surface area contributed by atoms with E-state index in [4.69, 9.17) is 16.3 Å². The van der Waals surface area contributed by atoms with Gasteiger partial charge in [0, 0.05) is 0 Å². The van der Waals surface area contributed by atoms with Crippen LogP contribution in [-0.4, -0.2) is 23.5 Å². The molecule has 4 nitrogen and oxygen atoms in total. The van der Waals surface area contributed by atoms with Gasteiger partial charge in [0.1, 0.15) is 5.75 Å². The number of hydrogen-bond acceptors (Lipinski definition) is 4. The first-order valence-corrected chi connectivity index (χ1v) is 7.18. The molecule has 5 heteroatoms. The fraction of sp³-hybridized carbons (Fsp3) is 0.467. The normalized spacial score (nSPS) is 14.3. The molecule has 0 radical (unpaired) electrons. The summed E-state index contributed by atoms with van der Waals surface area (Å²) in [6, 6.07) is 1.69. The predicted octanol–water partition coefficient (Wildman–Crippen LogP) is 3.06. The first-order chi connectivity index (χ1) is 9.56. The lowest BCUT2D eigenvalue weighted by Gasteiger charge is -2.14. The number of fused-ring (bicyclic) bond motifs is 1. The number of ether oxygens (including phenoxy) is 1. The lowest BCUT2D eigenvalue weighted by molar-refractivity contribution is -0.137. The molecule has 0 amide bonds. The van der Waals surface area contributed by atoms with Gasteiger partial charge >= 0.3 is 5.97 Å². The number of phenolic OH excluding ortho intramolecular Hbond substituents is 1. The minimum atomic E-state index is -0.948. The Morgan fingerprint density at radius 2 is 2.00 bits per heavy atom. The maximum absolute atomic E-state index is 12.2. The van der Waals surface area contributed by atoms with Crippen LogP contribution in [0.5, 0.6) is 5.75 Å². The second-order valence-corrected chi connectivity index (χ2v) is 5.24. The summed E-state index contributed by atoms with van der Waals surface area (Å²) in [7, 11) is 0. The van der Waals surface area contributed by atoms with Crippen LogP contribution in [0.15, 0.2) is 6.07 Å². The van der Waals surface area contributed by atoms with Crippen molar-refractivity contribution in [3.8, 4) is 5.75 Å². The number of esters is 1. The van der Waals surface area contributed by atoms with Crippen LogP contribution in [0.4, 0.5) is 0 Å². The molecule has 0 bridgehead atoms. The van der Waals surface area contributed by atoms with Crippen LogP contribution in [0.25, 0.3) is 0 Å². The summed E-state index contributed by atoms with van der Waals surface area (Å²) in [6.45, 7) is 1.75. The number of ketones is 1. The average molecular weight is 297 g/mol. The van der Waals surface area contributed by atoms with Crippen molar-refractivity contribution >= 4 is 23.4 Å². The number of phenols is 1. The highest BCUT2D eigenvalue weighted by atomic mass is 35.5. The Kier molecular flexibility index (Phi) is 4.65. The fourth-order valence-electron chi connectivity index (χ4n) is 2.58. The Morgan fingerprint density at radius 1 is 1.30 bits per heavy atom. The Labute approximate surface area is 122 Å². The van der Waals surface area contributed by atoms with Crippen molar-refractivity contribution in [2.75, 3.05) is 6.61 Å². The Bertz CT molecular complexity index is 551. The third-order valence-electron chi connectivity index (χ3n) is 3.51.